The first-order chi connectivity index (χ1) is 24.7. The van der Waals surface area contributed by atoms with Gasteiger partial charge < -0.3 is 10.2 Å². The van der Waals surface area contributed by atoms with E-state index in [1.165, 1.54) is 0 Å². The van der Waals surface area contributed by atoms with Gasteiger partial charge in [-0.15, -0.1) is 0 Å². The highest BCUT2D eigenvalue weighted by Gasteiger charge is 2.26. The zero-order valence-electron chi connectivity index (χ0n) is 27.1. The summed E-state index contributed by atoms with van der Waals surface area (Å²) in [7, 11) is 0. The molecule has 2 heteroatoms. The fraction of sp³-hybridized carbons (Fsp3) is 0. The quantitative estimate of drug-likeness (QED) is 0.189. The Morgan fingerprint density at radius 3 is 1.08 bits per heavy atom. The molecule has 2 N–H and O–H groups in total. The summed E-state index contributed by atoms with van der Waals surface area (Å²) in [6.07, 6.45) is 0. The van der Waals surface area contributed by atoms with Gasteiger partial charge in [0.1, 0.15) is 11.5 Å². The summed E-state index contributed by atoms with van der Waals surface area (Å²) in [5, 5.41) is 37.7. The van der Waals surface area contributed by atoms with Crippen molar-refractivity contribution in [1.29, 1.82) is 0 Å². The minimum atomic E-state index is 0.153. The van der Waals surface area contributed by atoms with Gasteiger partial charge in [0.25, 0.3) is 0 Å². The average molecular weight is 639 g/mol. The maximum Gasteiger partial charge on any atom is 0.132 e. The number of rotatable bonds is 3. The summed E-state index contributed by atoms with van der Waals surface area (Å²) >= 11 is 0. The zero-order valence-corrected chi connectivity index (χ0v) is 27.1. The molecule has 0 aromatic heterocycles. The molecule has 10 aromatic carbocycles. The number of phenolic OH excluding ortho intramolecular Hbond substituents is 2. The highest BCUT2D eigenvalue weighted by Crippen LogP contribution is 2.54. The van der Waals surface area contributed by atoms with Crippen molar-refractivity contribution in [2.75, 3.05) is 0 Å². The number of hydrogen-bond acceptors (Lipinski definition) is 2. The first kappa shape index (κ1) is 28.4. The van der Waals surface area contributed by atoms with Gasteiger partial charge in [-0.25, -0.2) is 0 Å². The third kappa shape index (κ3) is 4.15. The van der Waals surface area contributed by atoms with Crippen LogP contribution in [-0.4, -0.2) is 10.2 Å². The van der Waals surface area contributed by atoms with E-state index in [2.05, 4.69) is 133 Å². The Kier molecular flexibility index (Phi) is 6.21. The molecule has 0 amide bonds. The molecule has 0 heterocycles. The van der Waals surface area contributed by atoms with E-state index in [4.69, 9.17) is 0 Å². The molecule has 0 saturated heterocycles. The van der Waals surface area contributed by atoms with Crippen LogP contribution in [0.15, 0.2) is 170 Å². The monoisotopic (exact) mass is 638 g/mol. The Bertz CT molecular complexity index is 2770. The van der Waals surface area contributed by atoms with Gasteiger partial charge in [-0.1, -0.05) is 158 Å². The Balaban J connectivity index is 1.41. The number of benzene rings is 10. The van der Waals surface area contributed by atoms with E-state index >= 15 is 0 Å². The maximum absolute atomic E-state index is 12.8. The van der Waals surface area contributed by atoms with Crippen LogP contribution in [0.1, 0.15) is 0 Å². The first-order valence-electron chi connectivity index (χ1n) is 17.0. The molecule has 0 bridgehead atoms. The summed E-state index contributed by atoms with van der Waals surface area (Å²) in [5.41, 5.74) is 4.85. The van der Waals surface area contributed by atoms with Crippen molar-refractivity contribution in [3.05, 3.63) is 170 Å². The molecule has 10 rings (SSSR count). The van der Waals surface area contributed by atoms with Crippen LogP contribution in [0, 0.1) is 0 Å². The van der Waals surface area contributed by atoms with E-state index in [1.54, 1.807) is 0 Å². The second kappa shape index (κ2) is 10.9. The lowest BCUT2D eigenvalue weighted by molar-refractivity contribution is 0.476. The molecule has 0 spiro atoms. The Morgan fingerprint density at radius 1 is 0.280 bits per heavy atom. The highest BCUT2D eigenvalue weighted by molar-refractivity contribution is 6.24. The van der Waals surface area contributed by atoms with Gasteiger partial charge in [0, 0.05) is 21.9 Å². The van der Waals surface area contributed by atoms with Gasteiger partial charge in [-0.2, -0.15) is 0 Å². The molecule has 0 fully saturated rings. The van der Waals surface area contributed by atoms with Gasteiger partial charge in [0.15, 0.2) is 0 Å². The molecule has 10 aromatic rings. The van der Waals surface area contributed by atoms with Crippen LogP contribution >= 0.6 is 0 Å². The van der Waals surface area contributed by atoms with E-state index in [-0.39, 0.29) is 11.5 Å². The third-order valence-corrected chi connectivity index (χ3v) is 10.4. The molecule has 0 saturated carbocycles. The van der Waals surface area contributed by atoms with Crippen LogP contribution < -0.4 is 0 Å². The first-order valence-corrected chi connectivity index (χ1v) is 17.0. The van der Waals surface area contributed by atoms with Crippen molar-refractivity contribution in [2.45, 2.75) is 0 Å². The molecule has 0 aliphatic rings. The van der Waals surface area contributed by atoms with Crippen LogP contribution in [-0.2, 0) is 0 Å². The highest BCUT2D eigenvalue weighted by atomic mass is 16.3. The fourth-order valence-electron chi connectivity index (χ4n) is 8.14. The topological polar surface area (TPSA) is 40.5 Å². The number of phenols is 2. The number of aromatic hydroxyl groups is 2. The third-order valence-electron chi connectivity index (χ3n) is 10.4. The fourth-order valence-corrected chi connectivity index (χ4v) is 8.14. The lowest BCUT2D eigenvalue weighted by Crippen LogP contribution is -1.95. The zero-order chi connectivity index (χ0) is 33.3. The second-order valence-electron chi connectivity index (χ2n) is 13.1. The summed E-state index contributed by atoms with van der Waals surface area (Å²) in [6.45, 7) is 0. The van der Waals surface area contributed by atoms with Crippen LogP contribution in [0.3, 0.4) is 0 Å². The van der Waals surface area contributed by atoms with E-state index in [1.807, 2.05) is 36.4 Å². The van der Waals surface area contributed by atoms with Crippen molar-refractivity contribution in [3.63, 3.8) is 0 Å². The molecule has 234 valence electrons. The maximum atomic E-state index is 12.8. The minimum absolute atomic E-state index is 0.153. The Morgan fingerprint density at radius 2 is 0.640 bits per heavy atom. The molecule has 2 nitrogen and oxygen atoms in total. The normalized spacial score (nSPS) is 11.8. The molecular weight excluding hydrogens is 609 g/mol. The van der Waals surface area contributed by atoms with Gasteiger partial charge >= 0.3 is 0 Å². The van der Waals surface area contributed by atoms with E-state index in [0.29, 0.717) is 11.1 Å². The molecule has 0 aliphatic heterocycles. The minimum Gasteiger partial charge on any atom is -0.507 e. The van der Waals surface area contributed by atoms with Crippen LogP contribution in [0.2, 0.25) is 0 Å². The largest absolute Gasteiger partial charge is 0.507 e. The number of fused-ring (bicyclic) bond motifs is 10. The predicted molar refractivity (Wildman–Crippen MR) is 211 cm³/mol. The molecular formula is C48H30O2. The Labute approximate surface area is 288 Å². The lowest BCUT2D eigenvalue weighted by atomic mass is 9.83. The Hall–Kier alpha value is -6.64. The van der Waals surface area contributed by atoms with Crippen molar-refractivity contribution in [2.24, 2.45) is 0 Å². The smallest absolute Gasteiger partial charge is 0.132 e. The van der Waals surface area contributed by atoms with E-state index < -0.39 is 0 Å². The summed E-state index contributed by atoms with van der Waals surface area (Å²) in [5.74, 6) is 0.305. The second-order valence-corrected chi connectivity index (χ2v) is 13.1. The summed E-state index contributed by atoms with van der Waals surface area (Å²) in [4.78, 5) is 0. The summed E-state index contributed by atoms with van der Waals surface area (Å²) < 4.78 is 0. The molecule has 0 radical (unpaired) electrons. The standard InChI is InChI=1S/C48H30O2/c49-47-43-33(21-23-37-35-17-9-7-15-31(35)19-25-39(37)43)27-41(29-11-3-1-4-12-29)45(47)46-42(30-13-5-2-6-14-30)28-34-22-24-38-36-18-10-8-16-32(36)20-26-40(38)44(34)48(46)50/h1-28,49-50H. The predicted octanol–water partition coefficient (Wildman–Crippen LogP) is 13.0. The van der Waals surface area contributed by atoms with Crippen molar-refractivity contribution in [3.8, 4) is 44.9 Å². The average Bonchev–Trinajstić information content (AvgIpc) is 3.18. The van der Waals surface area contributed by atoms with Crippen molar-refractivity contribution >= 4 is 64.6 Å². The van der Waals surface area contributed by atoms with Gasteiger partial charge in [-0.05, 0) is 88.2 Å². The lowest BCUT2D eigenvalue weighted by Gasteiger charge is -2.22. The van der Waals surface area contributed by atoms with Crippen molar-refractivity contribution < 1.29 is 10.2 Å². The van der Waals surface area contributed by atoms with E-state index in [9.17, 15) is 10.2 Å². The van der Waals surface area contributed by atoms with Gasteiger partial charge in [0.05, 0.1) is 0 Å². The molecule has 0 atom stereocenters. The van der Waals surface area contributed by atoms with Crippen molar-refractivity contribution in [1.82, 2.24) is 0 Å². The van der Waals surface area contributed by atoms with Crippen LogP contribution in [0.5, 0.6) is 11.5 Å². The van der Waals surface area contributed by atoms with Crippen LogP contribution in [0.25, 0.3) is 98.0 Å². The number of hydrogen-bond donors (Lipinski definition) is 2. The molecule has 50 heavy (non-hydrogen) atoms. The SMILES string of the molecule is Oc1c(-c2c(-c3ccccc3)cc3ccc4c5ccccc5ccc4c3c2O)c(-c2ccccc2)cc2ccc3c4ccccc4ccc3c12. The molecule has 0 aliphatic carbocycles. The van der Waals surface area contributed by atoms with E-state index in [0.717, 1.165) is 86.9 Å². The van der Waals surface area contributed by atoms with Gasteiger partial charge in [-0.3, -0.25) is 0 Å². The molecule has 0 unspecified atom stereocenters. The summed E-state index contributed by atoms with van der Waals surface area (Å²) in [6, 6.07) is 58.4. The van der Waals surface area contributed by atoms with Crippen LogP contribution in [0.4, 0.5) is 0 Å². The van der Waals surface area contributed by atoms with Gasteiger partial charge in [0.2, 0.25) is 0 Å².